The van der Waals surface area contributed by atoms with Crippen LogP contribution in [-0.2, 0) is 13.9 Å². The number of nitrogens with one attached hydrogen (secondary N) is 1. The standard InChI is InChI=1S/C57H116NO6P/c1-3-5-7-9-11-13-15-17-19-20-21-22-23-24-25-26-27-28-29-30-31-32-33-34-35-36-37-39-41-43-45-47-49-51-53-57(60)58-55(54-64-65(61,62)63)56(59)52-50-48-46-44-42-40-38-18-16-14-12-10-8-6-4-2/h55-56,59H,3-54H2,1-2H3,(H,58,60)(H2,61,62,63)/t55-,56+/m0/s1. The highest BCUT2D eigenvalue weighted by Gasteiger charge is 2.25. The molecule has 0 rings (SSSR count). The summed E-state index contributed by atoms with van der Waals surface area (Å²) >= 11 is 0. The van der Waals surface area contributed by atoms with Crippen molar-refractivity contribution in [2.24, 2.45) is 0 Å². The van der Waals surface area contributed by atoms with E-state index in [1.165, 1.54) is 276 Å². The number of rotatable bonds is 56. The van der Waals surface area contributed by atoms with Gasteiger partial charge in [0.05, 0.1) is 18.8 Å². The zero-order valence-electron chi connectivity index (χ0n) is 43.9. The number of carbonyl (C=O) groups excluding carboxylic acids is 1. The van der Waals surface area contributed by atoms with Crippen LogP contribution in [-0.4, -0.2) is 39.6 Å². The molecular formula is C57H116NO6P. The largest absolute Gasteiger partial charge is 0.469 e. The summed E-state index contributed by atoms with van der Waals surface area (Å²) in [4.78, 5) is 31.2. The van der Waals surface area contributed by atoms with E-state index in [4.69, 9.17) is 4.52 Å². The number of carbonyl (C=O) groups is 1. The third kappa shape index (κ3) is 54.3. The molecule has 0 aliphatic heterocycles. The monoisotopic (exact) mass is 942 g/mol. The first-order chi connectivity index (χ1) is 31.8. The molecule has 8 heteroatoms. The van der Waals surface area contributed by atoms with E-state index in [0.717, 1.165) is 38.5 Å². The summed E-state index contributed by atoms with van der Waals surface area (Å²) in [5, 5.41) is 13.6. The van der Waals surface area contributed by atoms with Crippen LogP contribution in [0.3, 0.4) is 0 Å². The molecule has 0 spiro atoms. The fraction of sp³-hybridized carbons (Fsp3) is 0.982. The lowest BCUT2D eigenvalue weighted by molar-refractivity contribution is -0.123. The highest BCUT2D eigenvalue weighted by atomic mass is 31.2. The molecule has 0 heterocycles. The van der Waals surface area contributed by atoms with Gasteiger partial charge in [-0.15, -0.1) is 0 Å². The molecule has 0 aliphatic rings. The normalized spacial score (nSPS) is 12.9. The van der Waals surface area contributed by atoms with Crippen molar-refractivity contribution < 1.29 is 28.8 Å². The van der Waals surface area contributed by atoms with Crippen LogP contribution in [0, 0.1) is 0 Å². The van der Waals surface area contributed by atoms with Gasteiger partial charge in [-0.25, -0.2) is 4.57 Å². The lowest BCUT2D eigenvalue weighted by Gasteiger charge is -2.24. The number of hydrogen-bond donors (Lipinski definition) is 4. The molecule has 0 unspecified atom stereocenters. The number of unbranched alkanes of at least 4 members (excludes halogenated alkanes) is 47. The summed E-state index contributed by atoms with van der Waals surface area (Å²) in [6.45, 7) is 4.17. The van der Waals surface area contributed by atoms with Gasteiger partial charge in [0.1, 0.15) is 0 Å². The molecule has 0 aromatic heterocycles. The Morgan fingerprint density at radius 3 is 0.831 bits per heavy atom. The molecule has 0 radical (unpaired) electrons. The topological polar surface area (TPSA) is 116 Å². The summed E-state index contributed by atoms with van der Waals surface area (Å²) in [5.74, 6) is -0.184. The minimum absolute atomic E-state index is 0.184. The summed E-state index contributed by atoms with van der Waals surface area (Å²) in [6, 6.07) is -0.820. The third-order valence-corrected chi connectivity index (χ3v) is 14.6. The quantitative estimate of drug-likeness (QED) is 0.0357. The van der Waals surface area contributed by atoms with E-state index in [1.807, 2.05) is 0 Å². The van der Waals surface area contributed by atoms with Crippen LogP contribution >= 0.6 is 7.82 Å². The fourth-order valence-corrected chi connectivity index (χ4v) is 10.0. The maximum atomic E-state index is 12.7. The molecule has 0 bridgehead atoms. The van der Waals surface area contributed by atoms with E-state index in [2.05, 4.69) is 19.2 Å². The Kier molecular flexibility index (Phi) is 52.5. The molecule has 0 saturated heterocycles. The summed E-state index contributed by atoms with van der Waals surface area (Å²) in [5.41, 5.74) is 0. The van der Waals surface area contributed by atoms with E-state index < -0.39 is 26.6 Å². The molecular weight excluding hydrogens is 826 g/mol. The Hall–Kier alpha value is -0.460. The van der Waals surface area contributed by atoms with E-state index in [1.54, 1.807) is 0 Å². The van der Waals surface area contributed by atoms with Crippen LogP contribution < -0.4 is 5.32 Å². The average Bonchev–Trinajstić information content (AvgIpc) is 3.28. The smallest absolute Gasteiger partial charge is 0.391 e. The molecule has 1 amide bonds. The van der Waals surface area contributed by atoms with Gasteiger partial charge in [0.25, 0.3) is 0 Å². The van der Waals surface area contributed by atoms with Gasteiger partial charge < -0.3 is 20.2 Å². The Morgan fingerprint density at radius 2 is 0.600 bits per heavy atom. The minimum atomic E-state index is -4.69. The SMILES string of the molecule is CCCCCCCCCCCCCCCCCCCCCCCCCCCCCCCCCCCCC(=O)N[C@@H](COP(=O)(O)O)[C@H](O)CCCCCCCCCCCCCCCCC. The first-order valence-electron chi connectivity index (χ1n) is 29.5. The maximum Gasteiger partial charge on any atom is 0.469 e. The van der Waals surface area contributed by atoms with Crippen LogP contribution in [0.1, 0.15) is 341 Å². The van der Waals surface area contributed by atoms with Gasteiger partial charge in [0.2, 0.25) is 5.91 Å². The second-order valence-electron chi connectivity index (χ2n) is 20.7. The minimum Gasteiger partial charge on any atom is -0.391 e. The molecule has 7 nitrogen and oxygen atoms in total. The van der Waals surface area contributed by atoms with Gasteiger partial charge in [-0.3, -0.25) is 9.32 Å². The number of aliphatic hydroxyl groups excluding tert-OH is 1. The predicted octanol–water partition coefficient (Wildman–Crippen LogP) is 18.9. The molecule has 65 heavy (non-hydrogen) atoms. The van der Waals surface area contributed by atoms with Gasteiger partial charge in [0, 0.05) is 6.42 Å². The molecule has 390 valence electrons. The van der Waals surface area contributed by atoms with Crippen LogP contribution in [0.5, 0.6) is 0 Å². The van der Waals surface area contributed by atoms with Crippen molar-refractivity contribution in [3.63, 3.8) is 0 Å². The van der Waals surface area contributed by atoms with Gasteiger partial charge in [-0.05, 0) is 12.8 Å². The van der Waals surface area contributed by atoms with Crippen LogP contribution in [0.15, 0.2) is 0 Å². The zero-order chi connectivity index (χ0) is 47.4. The summed E-state index contributed by atoms with van der Waals surface area (Å²) in [6.07, 6.45) is 65.8. The van der Waals surface area contributed by atoms with Crippen LogP contribution in [0.25, 0.3) is 0 Å². The fourth-order valence-electron chi connectivity index (χ4n) is 9.65. The van der Waals surface area contributed by atoms with Crippen molar-refractivity contribution >= 4 is 13.7 Å². The number of aliphatic hydroxyl groups is 1. The van der Waals surface area contributed by atoms with E-state index in [9.17, 15) is 24.3 Å². The maximum absolute atomic E-state index is 12.7. The Morgan fingerprint density at radius 1 is 0.385 bits per heavy atom. The van der Waals surface area contributed by atoms with Crippen LogP contribution in [0.4, 0.5) is 0 Å². The zero-order valence-corrected chi connectivity index (χ0v) is 44.8. The highest BCUT2D eigenvalue weighted by molar-refractivity contribution is 7.46. The number of amides is 1. The van der Waals surface area contributed by atoms with E-state index in [0.29, 0.717) is 12.8 Å². The molecule has 4 N–H and O–H groups in total. The predicted molar refractivity (Wildman–Crippen MR) is 283 cm³/mol. The molecule has 0 aromatic rings. The van der Waals surface area contributed by atoms with Crippen molar-refractivity contribution in [1.82, 2.24) is 5.32 Å². The van der Waals surface area contributed by atoms with Crippen molar-refractivity contribution in [2.75, 3.05) is 6.61 Å². The van der Waals surface area contributed by atoms with Gasteiger partial charge >= 0.3 is 7.82 Å². The van der Waals surface area contributed by atoms with Gasteiger partial charge in [0.15, 0.2) is 0 Å². The Bertz CT molecular complexity index is 977. The summed E-state index contributed by atoms with van der Waals surface area (Å²) < 4.78 is 16.1. The first kappa shape index (κ1) is 64.5. The van der Waals surface area contributed by atoms with Crippen molar-refractivity contribution in [3.05, 3.63) is 0 Å². The number of phosphoric acid groups is 1. The van der Waals surface area contributed by atoms with Crippen LogP contribution in [0.2, 0.25) is 0 Å². The van der Waals surface area contributed by atoms with Gasteiger partial charge in [-0.2, -0.15) is 0 Å². The molecule has 0 saturated carbocycles. The van der Waals surface area contributed by atoms with Gasteiger partial charge in [-0.1, -0.05) is 322 Å². The third-order valence-electron chi connectivity index (χ3n) is 14.1. The molecule has 2 atom stereocenters. The Labute approximate surface area is 406 Å². The second kappa shape index (κ2) is 52.9. The molecule has 0 fully saturated rings. The highest BCUT2D eigenvalue weighted by Crippen LogP contribution is 2.36. The van der Waals surface area contributed by atoms with Crippen molar-refractivity contribution in [1.29, 1.82) is 0 Å². The molecule has 0 aliphatic carbocycles. The average molecular weight is 943 g/mol. The molecule has 0 aromatic carbocycles. The summed E-state index contributed by atoms with van der Waals surface area (Å²) in [7, 11) is -4.69. The van der Waals surface area contributed by atoms with Crippen molar-refractivity contribution in [2.45, 2.75) is 353 Å². The lowest BCUT2D eigenvalue weighted by atomic mass is 10.0. The number of phosphoric ester groups is 1. The van der Waals surface area contributed by atoms with E-state index in [-0.39, 0.29) is 5.91 Å². The van der Waals surface area contributed by atoms with Crippen molar-refractivity contribution in [3.8, 4) is 0 Å². The first-order valence-corrected chi connectivity index (χ1v) is 31.0. The number of hydrogen-bond acceptors (Lipinski definition) is 4. The Balaban J connectivity index is 3.59. The second-order valence-corrected chi connectivity index (χ2v) is 21.9. The lowest BCUT2D eigenvalue weighted by Crippen LogP contribution is -2.46. The van der Waals surface area contributed by atoms with E-state index >= 15 is 0 Å².